The van der Waals surface area contributed by atoms with Crippen molar-refractivity contribution in [3.8, 4) is 0 Å². The predicted octanol–water partition coefficient (Wildman–Crippen LogP) is 3.34. The summed E-state index contributed by atoms with van der Waals surface area (Å²) >= 11 is 0. The van der Waals surface area contributed by atoms with Gasteiger partial charge >= 0.3 is 0 Å². The van der Waals surface area contributed by atoms with Gasteiger partial charge in [0.15, 0.2) is 1.41 Å². The van der Waals surface area contributed by atoms with Crippen LogP contribution >= 0.6 is 9.24 Å². The Morgan fingerprint density at radius 3 is 2.76 bits per heavy atom. The van der Waals surface area contributed by atoms with Crippen LogP contribution in [0.1, 0.15) is 13.8 Å². The third-order valence-corrected chi connectivity index (χ3v) is 5.82. The summed E-state index contributed by atoms with van der Waals surface area (Å²) < 4.78 is 13.4. The number of para-hydroxylation sites is 1. The zero-order valence-corrected chi connectivity index (χ0v) is 17.9. The molecule has 0 aliphatic heterocycles. The topological polar surface area (TPSA) is 78.5 Å². The lowest BCUT2D eigenvalue weighted by Gasteiger charge is -2.28. The van der Waals surface area contributed by atoms with E-state index < -0.39 is 11.7 Å². The molecule has 2 N–H and O–H groups in total. The van der Waals surface area contributed by atoms with Crippen LogP contribution in [0.2, 0.25) is 1.41 Å². The lowest BCUT2D eigenvalue weighted by Crippen LogP contribution is -2.33. The normalized spacial score (nSPS) is 13.3. The molecule has 1 aromatic heterocycles. The van der Waals surface area contributed by atoms with Crippen LogP contribution in [0.4, 0.5) is 11.4 Å². The Kier molecular flexibility index (Phi) is 6.55. The first-order valence-corrected chi connectivity index (χ1v) is 10.4. The monoisotopic (exact) mass is 414 g/mol. The number of ether oxygens (including phenoxy) is 1. The second-order valence-electron chi connectivity index (χ2n) is 7.86. The van der Waals surface area contributed by atoms with Gasteiger partial charge in [-0.25, -0.2) is 4.98 Å². The number of rotatable bonds is 9. The van der Waals surface area contributed by atoms with Crippen molar-refractivity contribution >= 4 is 31.5 Å². The van der Waals surface area contributed by atoms with Crippen LogP contribution in [0.5, 0.6) is 0 Å². The van der Waals surface area contributed by atoms with Crippen LogP contribution in [0.15, 0.2) is 59.7 Å². The number of hydrogen-bond acceptors (Lipinski definition) is 5. The summed E-state index contributed by atoms with van der Waals surface area (Å²) in [4.78, 5) is 19.2. The van der Waals surface area contributed by atoms with Gasteiger partial charge in [-0.15, -0.1) is 9.24 Å². The molecule has 6 nitrogen and oxygen atoms in total. The number of H-pyrrole nitrogens is 1. The number of aromatic amines is 1. The number of benzene rings is 2. The SMILES string of the molecule is [2H]n1cnc2ccc(N(CC(O)COCC(C)(C)CP)c3ccccc3)cc2c1=O. The van der Waals surface area contributed by atoms with Gasteiger partial charge in [0.05, 0.1) is 43.1 Å². The highest BCUT2D eigenvalue weighted by Crippen LogP contribution is 2.27. The number of aromatic nitrogens is 2. The molecule has 0 spiro atoms. The van der Waals surface area contributed by atoms with E-state index in [1.54, 1.807) is 12.1 Å². The molecule has 0 aliphatic rings. The first-order chi connectivity index (χ1) is 14.3. The maximum atomic E-state index is 12.4. The molecular weight excluding hydrogens is 385 g/mol. The van der Waals surface area contributed by atoms with Gasteiger partial charge in [0.25, 0.3) is 5.56 Å². The van der Waals surface area contributed by atoms with Crippen molar-refractivity contribution in [2.45, 2.75) is 20.0 Å². The smallest absolute Gasteiger partial charge is 0.258 e. The van der Waals surface area contributed by atoms with Crippen molar-refractivity contribution in [1.29, 1.82) is 0 Å². The minimum absolute atomic E-state index is 0.0327. The van der Waals surface area contributed by atoms with E-state index in [1.165, 1.54) is 6.33 Å². The molecule has 0 saturated heterocycles. The van der Waals surface area contributed by atoms with Crippen LogP contribution in [-0.4, -0.2) is 47.1 Å². The molecule has 3 aromatic rings. The molecule has 154 valence electrons. The molecule has 0 saturated carbocycles. The summed E-state index contributed by atoms with van der Waals surface area (Å²) in [6, 6.07) is 15.0. The molecular formula is C22H28N3O3P. The average molecular weight is 414 g/mol. The Balaban J connectivity index is 1.86. The zero-order chi connectivity index (χ0) is 21.7. The maximum absolute atomic E-state index is 12.4. The maximum Gasteiger partial charge on any atom is 0.258 e. The minimum Gasteiger partial charge on any atom is -0.389 e. The van der Waals surface area contributed by atoms with Crippen LogP contribution in [0.3, 0.4) is 0 Å². The molecule has 29 heavy (non-hydrogen) atoms. The number of aliphatic hydroxyl groups excluding tert-OH is 1. The fraction of sp³-hybridized carbons (Fsp3) is 0.364. The van der Waals surface area contributed by atoms with Gasteiger partial charge in [0.1, 0.15) is 0 Å². The van der Waals surface area contributed by atoms with Gasteiger partial charge in [0, 0.05) is 11.4 Å². The zero-order valence-electron chi connectivity index (χ0n) is 17.8. The fourth-order valence-corrected chi connectivity index (χ4v) is 3.07. The third kappa shape index (κ3) is 5.63. The summed E-state index contributed by atoms with van der Waals surface area (Å²) in [5.41, 5.74) is 1.76. The van der Waals surface area contributed by atoms with E-state index >= 15 is 0 Å². The Hall–Kier alpha value is -2.27. The van der Waals surface area contributed by atoms with Crippen molar-refractivity contribution in [2.24, 2.45) is 5.41 Å². The second-order valence-corrected chi connectivity index (χ2v) is 8.27. The highest BCUT2D eigenvalue weighted by molar-refractivity contribution is 7.16. The van der Waals surface area contributed by atoms with Gasteiger partial charge in [-0.2, -0.15) is 0 Å². The molecule has 0 aliphatic carbocycles. The average Bonchev–Trinajstić information content (AvgIpc) is 2.75. The van der Waals surface area contributed by atoms with E-state index in [0.29, 0.717) is 24.1 Å². The third-order valence-electron chi connectivity index (χ3n) is 4.71. The van der Waals surface area contributed by atoms with Crippen LogP contribution in [-0.2, 0) is 4.74 Å². The Morgan fingerprint density at radius 2 is 2.03 bits per heavy atom. The fourth-order valence-electron chi connectivity index (χ4n) is 2.95. The van der Waals surface area contributed by atoms with Gasteiger partial charge < -0.3 is 19.7 Å². The molecule has 0 amide bonds. The highest BCUT2D eigenvalue weighted by atomic mass is 31.0. The summed E-state index contributed by atoms with van der Waals surface area (Å²) in [5, 5.41) is 11.0. The Bertz CT molecular complexity index is 1040. The Morgan fingerprint density at radius 1 is 1.28 bits per heavy atom. The molecule has 2 unspecified atom stereocenters. The minimum atomic E-state index is -0.719. The van der Waals surface area contributed by atoms with Gasteiger partial charge in [-0.1, -0.05) is 32.0 Å². The number of fused-ring (bicyclic) bond motifs is 1. The van der Waals surface area contributed by atoms with E-state index in [9.17, 15) is 9.90 Å². The second kappa shape index (κ2) is 9.49. The van der Waals surface area contributed by atoms with Crippen molar-refractivity contribution in [2.75, 3.05) is 30.8 Å². The quantitative estimate of drug-likeness (QED) is 0.525. The van der Waals surface area contributed by atoms with Gasteiger partial charge in [0.2, 0.25) is 0 Å². The summed E-state index contributed by atoms with van der Waals surface area (Å²) in [6.07, 6.45) is 1.39. The number of aliphatic hydroxyl groups is 1. The molecule has 1 heterocycles. The Labute approximate surface area is 174 Å². The first kappa shape index (κ1) is 20.0. The molecule has 2 aromatic carbocycles. The standard InChI is InChI=1S/C22H28N3O3P/c1-22(2,14-29)13-28-12-18(26)11-25(16-6-4-3-5-7-16)17-8-9-20-19(10-17)21(27)24-15-23-20/h3-10,15,18,26H,11-14,29H2,1-2H3,(H,23,24,27)/i/hD. The van der Waals surface area contributed by atoms with Crippen molar-refractivity contribution in [1.82, 2.24) is 9.96 Å². The number of nitrogens with one attached hydrogen (secondary N) is 1. The van der Waals surface area contributed by atoms with Crippen LogP contribution in [0.25, 0.3) is 10.9 Å². The van der Waals surface area contributed by atoms with Crippen molar-refractivity contribution < 1.29 is 11.3 Å². The predicted molar refractivity (Wildman–Crippen MR) is 121 cm³/mol. The van der Waals surface area contributed by atoms with E-state index in [2.05, 4.69) is 28.1 Å². The molecule has 0 radical (unpaired) electrons. The summed E-state index contributed by atoms with van der Waals surface area (Å²) in [7, 11) is 2.72. The lowest BCUT2D eigenvalue weighted by atomic mass is 9.98. The van der Waals surface area contributed by atoms with Crippen molar-refractivity contribution in [3.05, 3.63) is 65.2 Å². The van der Waals surface area contributed by atoms with E-state index in [0.717, 1.165) is 22.5 Å². The van der Waals surface area contributed by atoms with E-state index in [-0.39, 0.29) is 12.0 Å². The molecule has 2 atom stereocenters. The van der Waals surface area contributed by atoms with Crippen LogP contribution < -0.4 is 10.5 Å². The number of anilines is 2. The molecule has 0 bridgehead atoms. The molecule has 3 rings (SSSR count). The summed E-state index contributed by atoms with van der Waals surface area (Å²) in [6.45, 7) is 5.30. The van der Waals surface area contributed by atoms with Crippen LogP contribution in [0, 0.1) is 5.41 Å². The molecule has 7 heteroatoms. The largest absolute Gasteiger partial charge is 0.389 e. The van der Waals surface area contributed by atoms with E-state index in [4.69, 9.17) is 6.15 Å². The van der Waals surface area contributed by atoms with Gasteiger partial charge in [-0.3, -0.25) is 4.79 Å². The van der Waals surface area contributed by atoms with E-state index in [1.807, 2.05) is 41.3 Å². The van der Waals surface area contributed by atoms with Gasteiger partial charge in [-0.05, 0) is 41.9 Å². The summed E-state index contributed by atoms with van der Waals surface area (Å²) in [5.74, 6) is 0. The number of hydrogen-bond donors (Lipinski definition) is 2. The molecule has 0 fully saturated rings. The number of nitrogens with zero attached hydrogens (tertiary/aromatic N) is 2. The highest BCUT2D eigenvalue weighted by Gasteiger charge is 2.19. The van der Waals surface area contributed by atoms with Crippen molar-refractivity contribution in [3.63, 3.8) is 0 Å². The first-order valence-electron chi connectivity index (χ1n) is 10.0. The lowest BCUT2D eigenvalue weighted by molar-refractivity contribution is 0.0114.